The first kappa shape index (κ1) is 15.2. The number of hydrogen-bond acceptors (Lipinski definition) is 5. The Kier molecular flexibility index (Phi) is 4.45. The van der Waals surface area contributed by atoms with Crippen LogP contribution in [0.3, 0.4) is 0 Å². The Labute approximate surface area is 133 Å². The van der Waals surface area contributed by atoms with Crippen molar-refractivity contribution >= 4 is 33.2 Å². The second-order valence-electron chi connectivity index (χ2n) is 5.70. The van der Waals surface area contributed by atoms with Crippen molar-refractivity contribution < 1.29 is 5.11 Å². The Bertz CT molecular complexity index is 658. The summed E-state index contributed by atoms with van der Waals surface area (Å²) in [6.45, 7) is 6.01. The van der Waals surface area contributed by atoms with Gasteiger partial charge in [0, 0.05) is 10.9 Å². The third kappa shape index (κ3) is 2.93. The second kappa shape index (κ2) is 6.16. The standard InChI is InChI=1S/C15H20ClN3OS/c1-9-10(2)21-15-13(9)14(16)17-12(18-15)7-19-6-4-3-5-11(19)8-20/h11,20H,3-8H2,1-2H3. The fourth-order valence-electron chi connectivity index (χ4n) is 2.97. The van der Waals surface area contributed by atoms with E-state index in [-0.39, 0.29) is 12.6 Å². The van der Waals surface area contributed by atoms with E-state index >= 15 is 0 Å². The van der Waals surface area contributed by atoms with Crippen LogP contribution in [0.1, 0.15) is 35.5 Å². The number of aliphatic hydroxyl groups excluding tert-OH is 1. The Morgan fingerprint density at radius 1 is 1.33 bits per heavy atom. The smallest absolute Gasteiger partial charge is 0.145 e. The van der Waals surface area contributed by atoms with Gasteiger partial charge in [-0.05, 0) is 38.8 Å². The van der Waals surface area contributed by atoms with Gasteiger partial charge in [0.15, 0.2) is 0 Å². The lowest BCUT2D eigenvalue weighted by Crippen LogP contribution is -2.41. The maximum atomic E-state index is 9.50. The van der Waals surface area contributed by atoms with Gasteiger partial charge >= 0.3 is 0 Å². The summed E-state index contributed by atoms with van der Waals surface area (Å²) in [5.74, 6) is 0.758. The second-order valence-corrected chi connectivity index (χ2v) is 7.26. The quantitative estimate of drug-likeness (QED) is 0.880. The highest BCUT2D eigenvalue weighted by atomic mass is 35.5. The predicted octanol–water partition coefficient (Wildman–Crippen LogP) is 3.31. The molecule has 6 heteroatoms. The first-order valence-corrected chi connectivity index (χ1v) is 8.56. The number of nitrogens with zero attached hydrogens (tertiary/aromatic N) is 3. The molecule has 1 aliphatic heterocycles. The Hall–Kier alpha value is -0.750. The highest BCUT2D eigenvalue weighted by Gasteiger charge is 2.23. The van der Waals surface area contributed by atoms with Crippen molar-refractivity contribution in [3.63, 3.8) is 0 Å². The zero-order chi connectivity index (χ0) is 15.0. The highest BCUT2D eigenvalue weighted by Crippen LogP contribution is 2.33. The number of piperidine rings is 1. The average molecular weight is 326 g/mol. The largest absolute Gasteiger partial charge is 0.395 e. The molecular formula is C15H20ClN3OS. The molecule has 0 saturated carbocycles. The van der Waals surface area contributed by atoms with Crippen molar-refractivity contribution in [2.24, 2.45) is 0 Å². The Morgan fingerprint density at radius 3 is 2.90 bits per heavy atom. The molecule has 1 fully saturated rings. The van der Waals surface area contributed by atoms with Gasteiger partial charge in [-0.3, -0.25) is 4.90 Å². The van der Waals surface area contributed by atoms with E-state index in [1.165, 1.54) is 23.3 Å². The minimum absolute atomic E-state index is 0.202. The number of likely N-dealkylation sites (tertiary alicyclic amines) is 1. The molecule has 0 aliphatic carbocycles. The van der Waals surface area contributed by atoms with E-state index in [0.29, 0.717) is 11.7 Å². The third-order valence-corrected chi connectivity index (χ3v) is 5.71. The summed E-state index contributed by atoms with van der Waals surface area (Å²) in [5, 5.41) is 11.0. The molecular weight excluding hydrogens is 306 g/mol. The molecule has 0 bridgehead atoms. The highest BCUT2D eigenvalue weighted by molar-refractivity contribution is 7.18. The number of aliphatic hydroxyl groups is 1. The van der Waals surface area contributed by atoms with E-state index < -0.39 is 0 Å². The zero-order valence-corrected chi connectivity index (χ0v) is 14.0. The van der Waals surface area contributed by atoms with E-state index in [1.54, 1.807) is 11.3 Å². The van der Waals surface area contributed by atoms with Gasteiger partial charge < -0.3 is 5.11 Å². The minimum Gasteiger partial charge on any atom is -0.395 e. The summed E-state index contributed by atoms with van der Waals surface area (Å²) in [6, 6.07) is 0.226. The number of rotatable bonds is 3. The van der Waals surface area contributed by atoms with Crippen LogP contribution in [0.25, 0.3) is 10.2 Å². The van der Waals surface area contributed by atoms with Gasteiger partial charge in [-0.2, -0.15) is 0 Å². The first-order valence-electron chi connectivity index (χ1n) is 7.37. The molecule has 1 saturated heterocycles. The van der Waals surface area contributed by atoms with Gasteiger partial charge in [0.2, 0.25) is 0 Å². The third-order valence-electron chi connectivity index (χ3n) is 4.34. The van der Waals surface area contributed by atoms with Crippen LogP contribution in [0.15, 0.2) is 0 Å². The molecule has 2 aromatic heterocycles. The fourth-order valence-corrected chi connectivity index (χ4v) is 4.40. The lowest BCUT2D eigenvalue weighted by atomic mass is 10.0. The van der Waals surface area contributed by atoms with Gasteiger partial charge in [0.25, 0.3) is 0 Å². The molecule has 1 atom stereocenters. The summed E-state index contributed by atoms with van der Waals surface area (Å²) in [7, 11) is 0. The SMILES string of the molecule is Cc1sc2nc(CN3CCCCC3CO)nc(Cl)c2c1C. The molecule has 1 N–H and O–H groups in total. The zero-order valence-electron chi connectivity index (χ0n) is 12.4. The van der Waals surface area contributed by atoms with Crippen LogP contribution in [0.5, 0.6) is 0 Å². The summed E-state index contributed by atoms with van der Waals surface area (Å²) >= 11 is 8.03. The summed E-state index contributed by atoms with van der Waals surface area (Å²) in [4.78, 5) is 13.6. The molecule has 1 unspecified atom stereocenters. The van der Waals surface area contributed by atoms with Crippen molar-refractivity contribution in [3.05, 3.63) is 21.4 Å². The normalized spacial score (nSPS) is 20.3. The van der Waals surface area contributed by atoms with E-state index in [9.17, 15) is 5.11 Å². The van der Waals surface area contributed by atoms with Gasteiger partial charge in [0.1, 0.15) is 15.8 Å². The van der Waals surface area contributed by atoms with Crippen molar-refractivity contribution in [3.8, 4) is 0 Å². The molecule has 0 radical (unpaired) electrons. The molecule has 3 heterocycles. The lowest BCUT2D eigenvalue weighted by Gasteiger charge is -2.33. The van der Waals surface area contributed by atoms with Gasteiger partial charge in [-0.25, -0.2) is 9.97 Å². The van der Waals surface area contributed by atoms with E-state index in [0.717, 1.165) is 29.0 Å². The molecule has 0 amide bonds. The van der Waals surface area contributed by atoms with Crippen molar-refractivity contribution in [2.75, 3.05) is 13.2 Å². The number of thiophene rings is 1. The molecule has 0 spiro atoms. The Morgan fingerprint density at radius 2 is 2.14 bits per heavy atom. The van der Waals surface area contributed by atoms with E-state index in [2.05, 4.69) is 28.7 Å². The number of aromatic nitrogens is 2. The number of hydrogen-bond donors (Lipinski definition) is 1. The van der Waals surface area contributed by atoms with Crippen LogP contribution in [-0.2, 0) is 6.54 Å². The monoisotopic (exact) mass is 325 g/mol. The van der Waals surface area contributed by atoms with Crippen LogP contribution in [0.4, 0.5) is 0 Å². The average Bonchev–Trinajstić information content (AvgIpc) is 2.75. The maximum Gasteiger partial charge on any atom is 0.145 e. The first-order chi connectivity index (χ1) is 10.1. The van der Waals surface area contributed by atoms with Crippen LogP contribution < -0.4 is 0 Å². The van der Waals surface area contributed by atoms with Crippen LogP contribution in [0.2, 0.25) is 5.15 Å². The Balaban J connectivity index is 1.90. The molecule has 3 rings (SSSR count). The maximum absolute atomic E-state index is 9.50. The lowest BCUT2D eigenvalue weighted by molar-refractivity contribution is 0.0820. The van der Waals surface area contributed by atoms with Crippen LogP contribution >= 0.6 is 22.9 Å². The summed E-state index contributed by atoms with van der Waals surface area (Å²) in [6.07, 6.45) is 3.40. The van der Waals surface area contributed by atoms with Gasteiger partial charge in [0.05, 0.1) is 18.5 Å². The molecule has 21 heavy (non-hydrogen) atoms. The molecule has 2 aromatic rings. The molecule has 4 nitrogen and oxygen atoms in total. The topological polar surface area (TPSA) is 49.2 Å². The van der Waals surface area contributed by atoms with Crippen LogP contribution in [0, 0.1) is 13.8 Å². The summed E-state index contributed by atoms with van der Waals surface area (Å²) < 4.78 is 0. The van der Waals surface area contributed by atoms with Gasteiger partial charge in [-0.15, -0.1) is 11.3 Å². The van der Waals surface area contributed by atoms with Crippen molar-refractivity contribution in [1.29, 1.82) is 0 Å². The summed E-state index contributed by atoms with van der Waals surface area (Å²) in [5.41, 5.74) is 1.18. The van der Waals surface area contributed by atoms with Gasteiger partial charge in [-0.1, -0.05) is 18.0 Å². The molecule has 1 aliphatic rings. The minimum atomic E-state index is 0.202. The molecule has 114 valence electrons. The number of halogens is 1. The van der Waals surface area contributed by atoms with Crippen molar-refractivity contribution in [1.82, 2.24) is 14.9 Å². The number of fused-ring (bicyclic) bond motifs is 1. The molecule has 0 aromatic carbocycles. The predicted molar refractivity (Wildman–Crippen MR) is 87.0 cm³/mol. The number of aryl methyl sites for hydroxylation is 2. The van der Waals surface area contributed by atoms with Crippen molar-refractivity contribution in [2.45, 2.75) is 45.7 Å². The fraction of sp³-hybridized carbons (Fsp3) is 0.600. The van der Waals surface area contributed by atoms with E-state index in [4.69, 9.17) is 11.6 Å². The van der Waals surface area contributed by atoms with Crippen LogP contribution in [-0.4, -0.2) is 39.2 Å². The van der Waals surface area contributed by atoms with E-state index in [1.807, 2.05) is 0 Å².